The fourth-order valence-corrected chi connectivity index (χ4v) is 1.72. The van der Waals surface area contributed by atoms with Gasteiger partial charge in [0.2, 0.25) is 0 Å². The van der Waals surface area contributed by atoms with Gasteiger partial charge in [0.15, 0.2) is 6.29 Å². The molecule has 0 saturated heterocycles. The molecule has 1 aromatic carbocycles. The minimum atomic E-state index is 0.761. The monoisotopic (exact) mass is 384 g/mol. The molecule has 0 spiro atoms. The third-order valence-electron chi connectivity index (χ3n) is 1.41. The molecule has 1 aromatic rings. The second-order valence-corrected chi connectivity index (χ2v) is 6.38. The molecule has 62 valence electrons. The van der Waals surface area contributed by atoms with E-state index in [0.717, 1.165) is 19.0 Å². The lowest BCUT2D eigenvalue weighted by molar-refractivity contribution is -0.103. The first-order chi connectivity index (χ1) is 5.75. The summed E-state index contributed by atoms with van der Waals surface area (Å²) in [6.45, 7) is 0. The number of aldehydes is 1. The van der Waals surface area contributed by atoms with E-state index in [1.54, 1.807) is 0 Å². The van der Waals surface area contributed by atoms with Gasteiger partial charge in [-0.05, 0) is 50.7 Å². The molecule has 0 radical (unpaired) electrons. The standard InChI is InChI=1S/C9H6I2O/c10-9(11)8(6-12)7-4-2-1-3-5-7/h1-6H. The molecule has 0 aromatic heterocycles. The van der Waals surface area contributed by atoms with Gasteiger partial charge in [0.1, 0.15) is 0 Å². The van der Waals surface area contributed by atoms with Gasteiger partial charge in [-0.3, -0.25) is 4.79 Å². The average Bonchev–Trinajstić information content (AvgIpc) is 2.07. The van der Waals surface area contributed by atoms with Gasteiger partial charge in [0.05, 0.1) is 1.59 Å². The molecule has 0 unspecified atom stereocenters. The van der Waals surface area contributed by atoms with Crippen molar-refractivity contribution in [1.29, 1.82) is 0 Å². The molecule has 1 nitrogen and oxygen atoms in total. The molecule has 12 heavy (non-hydrogen) atoms. The predicted octanol–water partition coefficient (Wildman–Crippen LogP) is 3.42. The van der Waals surface area contributed by atoms with Gasteiger partial charge in [-0.2, -0.15) is 0 Å². The zero-order valence-corrected chi connectivity index (χ0v) is 10.4. The Labute approximate surface area is 98.5 Å². The van der Waals surface area contributed by atoms with Crippen LogP contribution in [0.25, 0.3) is 5.57 Å². The highest BCUT2D eigenvalue weighted by atomic mass is 127. The van der Waals surface area contributed by atoms with E-state index in [1.807, 2.05) is 30.3 Å². The van der Waals surface area contributed by atoms with Crippen LogP contribution in [0.2, 0.25) is 0 Å². The summed E-state index contributed by atoms with van der Waals surface area (Å²) in [4.78, 5) is 10.7. The summed E-state index contributed by atoms with van der Waals surface area (Å²) in [6, 6.07) is 9.65. The number of carbonyl (C=O) groups excluding carboxylic acids is 1. The van der Waals surface area contributed by atoms with Crippen LogP contribution in [-0.2, 0) is 4.79 Å². The quantitative estimate of drug-likeness (QED) is 0.434. The van der Waals surface area contributed by atoms with Crippen LogP contribution in [0, 0.1) is 0 Å². The van der Waals surface area contributed by atoms with Gasteiger partial charge in [-0.1, -0.05) is 30.3 Å². The average molecular weight is 384 g/mol. The molecule has 0 heterocycles. The van der Waals surface area contributed by atoms with Crippen LogP contribution >= 0.6 is 45.2 Å². The number of halogens is 2. The van der Waals surface area contributed by atoms with E-state index < -0.39 is 0 Å². The van der Waals surface area contributed by atoms with E-state index in [0.29, 0.717) is 0 Å². The van der Waals surface area contributed by atoms with Crippen molar-refractivity contribution in [2.24, 2.45) is 0 Å². The van der Waals surface area contributed by atoms with E-state index in [4.69, 9.17) is 0 Å². The third-order valence-corrected chi connectivity index (χ3v) is 2.57. The molecule has 0 aliphatic carbocycles. The summed E-state index contributed by atoms with van der Waals surface area (Å²) in [7, 11) is 0. The molecular weight excluding hydrogens is 378 g/mol. The van der Waals surface area contributed by atoms with Gasteiger partial charge in [0, 0.05) is 5.57 Å². The molecule has 0 bridgehead atoms. The molecule has 0 aliphatic rings. The maximum absolute atomic E-state index is 10.7. The summed E-state index contributed by atoms with van der Waals surface area (Å²) in [5, 5.41) is 0. The Balaban J connectivity index is 3.14. The number of allylic oxidation sites excluding steroid dienone is 1. The van der Waals surface area contributed by atoms with Crippen molar-refractivity contribution in [2.75, 3.05) is 0 Å². The minimum Gasteiger partial charge on any atom is -0.298 e. The van der Waals surface area contributed by atoms with Crippen molar-refractivity contribution in [3.63, 3.8) is 0 Å². The largest absolute Gasteiger partial charge is 0.298 e. The molecule has 0 fully saturated rings. The van der Waals surface area contributed by atoms with Crippen LogP contribution in [0.4, 0.5) is 0 Å². The van der Waals surface area contributed by atoms with Crippen LogP contribution in [0.15, 0.2) is 31.9 Å². The first kappa shape index (κ1) is 10.2. The number of benzene rings is 1. The minimum absolute atomic E-state index is 0.761. The molecule has 0 saturated carbocycles. The Bertz CT molecular complexity index is 300. The Morgan fingerprint density at radius 3 is 2.17 bits per heavy atom. The molecule has 0 atom stereocenters. The van der Waals surface area contributed by atoms with Gasteiger partial charge in [-0.25, -0.2) is 0 Å². The van der Waals surface area contributed by atoms with Gasteiger partial charge < -0.3 is 0 Å². The van der Waals surface area contributed by atoms with E-state index in [9.17, 15) is 4.79 Å². The van der Waals surface area contributed by atoms with Crippen molar-refractivity contribution in [2.45, 2.75) is 0 Å². The predicted molar refractivity (Wildman–Crippen MR) is 67.5 cm³/mol. The third kappa shape index (κ3) is 2.55. The summed E-state index contributed by atoms with van der Waals surface area (Å²) in [5.74, 6) is 0. The zero-order chi connectivity index (χ0) is 8.97. The Hall–Kier alpha value is 0.0900. The second-order valence-electron chi connectivity index (χ2n) is 2.16. The van der Waals surface area contributed by atoms with E-state index in [1.165, 1.54) is 0 Å². The van der Waals surface area contributed by atoms with Crippen LogP contribution in [0.3, 0.4) is 0 Å². The first-order valence-electron chi connectivity index (χ1n) is 3.31. The molecule has 1 rings (SSSR count). The molecule has 0 amide bonds. The highest BCUT2D eigenvalue weighted by Crippen LogP contribution is 2.26. The van der Waals surface area contributed by atoms with Gasteiger partial charge >= 0.3 is 0 Å². The van der Waals surface area contributed by atoms with Crippen molar-refractivity contribution >= 4 is 57.0 Å². The second kappa shape index (κ2) is 4.96. The summed E-state index contributed by atoms with van der Waals surface area (Å²) < 4.78 is 0.992. The maximum atomic E-state index is 10.7. The van der Waals surface area contributed by atoms with Crippen molar-refractivity contribution < 1.29 is 4.79 Å². The van der Waals surface area contributed by atoms with Crippen LogP contribution in [0.1, 0.15) is 5.56 Å². The summed E-state index contributed by atoms with van der Waals surface area (Å²) in [5.41, 5.74) is 1.74. The molecule has 3 heteroatoms. The Morgan fingerprint density at radius 1 is 1.17 bits per heavy atom. The lowest BCUT2D eigenvalue weighted by Crippen LogP contribution is -1.84. The van der Waals surface area contributed by atoms with Crippen molar-refractivity contribution in [3.05, 3.63) is 37.5 Å². The number of hydrogen-bond acceptors (Lipinski definition) is 1. The lowest BCUT2D eigenvalue weighted by atomic mass is 10.1. The SMILES string of the molecule is O=CC(=C(I)I)c1ccccc1. The number of rotatable bonds is 2. The highest BCUT2D eigenvalue weighted by molar-refractivity contribution is 14.2. The number of carbonyl (C=O) groups is 1. The Morgan fingerprint density at radius 2 is 1.75 bits per heavy atom. The van der Waals surface area contributed by atoms with Crippen LogP contribution in [0.5, 0.6) is 0 Å². The van der Waals surface area contributed by atoms with E-state index in [-0.39, 0.29) is 0 Å². The summed E-state index contributed by atoms with van der Waals surface area (Å²) >= 11 is 4.29. The highest BCUT2D eigenvalue weighted by Gasteiger charge is 2.02. The van der Waals surface area contributed by atoms with Crippen molar-refractivity contribution in [1.82, 2.24) is 0 Å². The van der Waals surface area contributed by atoms with E-state index in [2.05, 4.69) is 45.2 Å². The molecule has 0 aliphatic heterocycles. The van der Waals surface area contributed by atoms with Gasteiger partial charge in [0.25, 0.3) is 0 Å². The normalized spacial score (nSPS) is 9.17. The van der Waals surface area contributed by atoms with Crippen LogP contribution < -0.4 is 0 Å². The lowest BCUT2D eigenvalue weighted by Gasteiger charge is -1.98. The fraction of sp³-hybridized carbons (Fsp3) is 0. The van der Waals surface area contributed by atoms with E-state index >= 15 is 0 Å². The number of hydrogen-bond donors (Lipinski definition) is 0. The molecular formula is C9H6I2O. The zero-order valence-electron chi connectivity index (χ0n) is 6.13. The van der Waals surface area contributed by atoms with Gasteiger partial charge in [-0.15, -0.1) is 0 Å². The maximum Gasteiger partial charge on any atom is 0.152 e. The van der Waals surface area contributed by atoms with Crippen molar-refractivity contribution in [3.8, 4) is 0 Å². The first-order valence-corrected chi connectivity index (χ1v) is 5.47. The smallest absolute Gasteiger partial charge is 0.152 e. The van der Waals surface area contributed by atoms with Crippen LogP contribution in [-0.4, -0.2) is 6.29 Å². The fourth-order valence-electron chi connectivity index (χ4n) is 0.839. The Kier molecular flexibility index (Phi) is 4.20. The topological polar surface area (TPSA) is 17.1 Å². The molecule has 0 N–H and O–H groups in total. The summed E-state index contributed by atoms with van der Waals surface area (Å²) in [6.07, 6.45) is 0.892.